The number of rotatable bonds is 1. The fraction of sp³-hybridized carbons (Fsp3) is 0.625. The van der Waals surface area contributed by atoms with E-state index in [0.29, 0.717) is 5.92 Å². The lowest BCUT2D eigenvalue weighted by Crippen LogP contribution is -2.47. The highest BCUT2D eigenvalue weighted by atomic mass is 16.3. The van der Waals surface area contributed by atoms with E-state index in [1.165, 1.54) is 11.1 Å². The van der Waals surface area contributed by atoms with Crippen molar-refractivity contribution in [1.82, 2.24) is 0 Å². The Hall–Kier alpha value is -0.820. The lowest BCUT2D eigenvalue weighted by Gasteiger charge is -2.49. The van der Waals surface area contributed by atoms with Gasteiger partial charge >= 0.3 is 0 Å². The molecule has 0 radical (unpaired) electrons. The summed E-state index contributed by atoms with van der Waals surface area (Å²) < 4.78 is 0. The summed E-state index contributed by atoms with van der Waals surface area (Å²) in [5.41, 5.74) is 2.99. The minimum absolute atomic E-state index is 0.0310. The molecular formula is C16H24O. The topological polar surface area (TPSA) is 20.2 Å². The zero-order valence-corrected chi connectivity index (χ0v) is 11.6. The molecule has 2 atom stereocenters. The SMILES string of the molecule is CC(C)(C)c1ccc(C2CC(O)C2(C)C)cc1. The fourth-order valence-electron chi connectivity index (χ4n) is 2.68. The van der Waals surface area contributed by atoms with Gasteiger partial charge in [0.05, 0.1) is 6.10 Å². The predicted octanol–water partition coefficient (Wildman–Crippen LogP) is 3.86. The van der Waals surface area contributed by atoms with Crippen molar-refractivity contribution in [2.45, 2.75) is 58.5 Å². The van der Waals surface area contributed by atoms with Crippen LogP contribution in [-0.2, 0) is 5.41 Å². The van der Waals surface area contributed by atoms with Gasteiger partial charge in [0.25, 0.3) is 0 Å². The molecule has 1 aliphatic carbocycles. The number of aliphatic hydroxyl groups is 1. The van der Waals surface area contributed by atoms with Crippen LogP contribution in [0.15, 0.2) is 24.3 Å². The first kappa shape index (κ1) is 12.6. The summed E-state index contributed by atoms with van der Waals surface area (Å²) in [4.78, 5) is 0. The minimum Gasteiger partial charge on any atom is -0.393 e. The van der Waals surface area contributed by atoms with E-state index in [2.05, 4.69) is 58.9 Å². The summed E-state index contributed by atoms with van der Waals surface area (Å²) >= 11 is 0. The highest BCUT2D eigenvalue weighted by molar-refractivity contribution is 5.32. The molecule has 2 rings (SSSR count). The molecule has 1 aromatic rings. The van der Waals surface area contributed by atoms with Crippen LogP contribution in [-0.4, -0.2) is 11.2 Å². The van der Waals surface area contributed by atoms with E-state index < -0.39 is 0 Å². The summed E-state index contributed by atoms with van der Waals surface area (Å²) in [5.74, 6) is 0.506. The van der Waals surface area contributed by atoms with Crippen LogP contribution < -0.4 is 0 Å². The summed E-state index contributed by atoms with van der Waals surface area (Å²) in [6, 6.07) is 8.93. The molecule has 94 valence electrons. The highest BCUT2D eigenvalue weighted by Crippen LogP contribution is 2.52. The summed E-state index contributed by atoms with van der Waals surface area (Å²) in [6.07, 6.45) is 0.761. The number of benzene rings is 1. The fourth-order valence-corrected chi connectivity index (χ4v) is 2.68. The Morgan fingerprint density at radius 1 is 1.12 bits per heavy atom. The average molecular weight is 232 g/mol. The van der Waals surface area contributed by atoms with E-state index in [0.717, 1.165) is 6.42 Å². The molecule has 0 spiro atoms. The largest absolute Gasteiger partial charge is 0.393 e. The Morgan fingerprint density at radius 3 is 2.00 bits per heavy atom. The quantitative estimate of drug-likeness (QED) is 0.779. The number of hydrogen-bond acceptors (Lipinski definition) is 1. The smallest absolute Gasteiger partial charge is 0.0603 e. The van der Waals surface area contributed by atoms with E-state index in [9.17, 15) is 5.11 Å². The molecule has 0 bridgehead atoms. The Labute approximate surface area is 105 Å². The van der Waals surface area contributed by atoms with Crippen LogP contribution in [0.3, 0.4) is 0 Å². The van der Waals surface area contributed by atoms with Gasteiger partial charge in [0.15, 0.2) is 0 Å². The van der Waals surface area contributed by atoms with Crippen molar-refractivity contribution in [2.75, 3.05) is 0 Å². The molecule has 1 saturated carbocycles. The Balaban J connectivity index is 2.20. The molecule has 1 N–H and O–H groups in total. The molecule has 1 heteroatoms. The molecule has 1 nitrogen and oxygen atoms in total. The van der Waals surface area contributed by atoms with Gasteiger partial charge in [-0.2, -0.15) is 0 Å². The van der Waals surface area contributed by atoms with Gasteiger partial charge in [0, 0.05) is 0 Å². The van der Waals surface area contributed by atoms with Crippen LogP contribution in [0.25, 0.3) is 0 Å². The van der Waals surface area contributed by atoms with Crippen LogP contribution in [0.4, 0.5) is 0 Å². The van der Waals surface area contributed by atoms with Crippen molar-refractivity contribution in [3.8, 4) is 0 Å². The first-order valence-corrected chi connectivity index (χ1v) is 6.51. The molecule has 0 heterocycles. The van der Waals surface area contributed by atoms with Crippen molar-refractivity contribution in [2.24, 2.45) is 5.41 Å². The van der Waals surface area contributed by atoms with Crippen molar-refractivity contribution in [3.05, 3.63) is 35.4 Å². The maximum absolute atomic E-state index is 9.79. The summed E-state index contributed by atoms with van der Waals surface area (Å²) in [7, 11) is 0. The third-order valence-corrected chi connectivity index (χ3v) is 4.39. The van der Waals surface area contributed by atoms with Crippen molar-refractivity contribution in [1.29, 1.82) is 0 Å². The molecule has 0 aliphatic heterocycles. The van der Waals surface area contributed by atoms with Crippen LogP contribution >= 0.6 is 0 Å². The van der Waals surface area contributed by atoms with E-state index in [4.69, 9.17) is 0 Å². The Bertz CT molecular complexity index is 395. The van der Waals surface area contributed by atoms with Crippen LogP contribution in [0.5, 0.6) is 0 Å². The normalized spacial score (nSPS) is 27.6. The van der Waals surface area contributed by atoms with Gasteiger partial charge in [0.2, 0.25) is 0 Å². The summed E-state index contributed by atoms with van der Waals surface area (Å²) in [5, 5.41) is 9.79. The molecule has 1 aromatic carbocycles. The minimum atomic E-state index is -0.144. The summed E-state index contributed by atoms with van der Waals surface area (Å²) in [6.45, 7) is 11.0. The highest BCUT2D eigenvalue weighted by Gasteiger charge is 2.47. The van der Waals surface area contributed by atoms with Crippen molar-refractivity contribution < 1.29 is 5.11 Å². The van der Waals surface area contributed by atoms with Gasteiger partial charge in [-0.15, -0.1) is 0 Å². The molecule has 0 saturated heterocycles. The van der Waals surface area contributed by atoms with Gasteiger partial charge in [-0.1, -0.05) is 58.9 Å². The second-order valence-electron chi connectivity index (χ2n) is 7.00. The van der Waals surface area contributed by atoms with Crippen molar-refractivity contribution >= 4 is 0 Å². The first-order valence-electron chi connectivity index (χ1n) is 6.51. The van der Waals surface area contributed by atoms with Gasteiger partial charge < -0.3 is 5.11 Å². The molecule has 1 aliphatic rings. The van der Waals surface area contributed by atoms with Gasteiger partial charge in [-0.3, -0.25) is 0 Å². The van der Waals surface area contributed by atoms with E-state index >= 15 is 0 Å². The lowest BCUT2D eigenvalue weighted by atomic mass is 9.58. The first-order chi connectivity index (χ1) is 7.73. The Morgan fingerprint density at radius 2 is 1.65 bits per heavy atom. The Kier molecular flexibility index (Phi) is 2.86. The molecule has 2 unspecified atom stereocenters. The predicted molar refractivity (Wildman–Crippen MR) is 72.3 cm³/mol. The maximum Gasteiger partial charge on any atom is 0.0603 e. The standard InChI is InChI=1S/C16H24O/c1-15(2,3)12-8-6-11(7-9-12)13-10-14(17)16(13,4)5/h6-9,13-14,17H,10H2,1-5H3. The zero-order chi connectivity index (χ0) is 12.8. The molecule has 17 heavy (non-hydrogen) atoms. The number of hydrogen-bond donors (Lipinski definition) is 1. The number of aliphatic hydroxyl groups excluding tert-OH is 1. The van der Waals surface area contributed by atoms with Crippen LogP contribution in [0.2, 0.25) is 0 Å². The second kappa shape index (κ2) is 3.84. The molecular weight excluding hydrogens is 208 g/mol. The van der Waals surface area contributed by atoms with Gasteiger partial charge in [0.1, 0.15) is 0 Å². The molecule has 0 aromatic heterocycles. The third kappa shape index (κ3) is 2.13. The van der Waals surface area contributed by atoms with E-state index in [-0.39, 0.29) is 16.9 Å². The zero-order valence-electron chi connectivity index (χ0n) is 11.6. The van der Waals surface area contributed by atoms with Crippen LogP contribution in [0.1, 0.15) is 58.1 Å². The average Bonchev–Trinajstić information content (AvgIpc) is 2.25. The second-order valence-corrected chi connectivity index (χ2v) is 7.00. The van der Waals surface area contributed by atoms with Gasteiger partial charge in [-0.05, 0) is 34.3 Å². The molecule has 1 fully saturated rings. The van der Waals surface area contributed by atoms with Crippen LogP contribution in [0, 0.1) is 5.41 Å². The van der Waals surface area contributed by atoms with E-state index in [1.54, 1.807) is 0 Å². The van der Waals surface area contributed by atoms with E-state index in [1.807, 2.05) is 0 Å². The molecule has 0 amide bonds. The monoisotopic (exact) mass is 232 g/mol. The lowest BCUT2D eigenvalue weighted by molar-refractivity contribution is -0.0625. The third-order valence-electron chi connectivity index (χ3n) is 4.39. The maximum atomic E-state index is 9.79. The van der Waals surface area contributed by atoms with Gasteiger partial charge in [-0.25, -0.2) is 0 Å². The van der Waals surface area contributed by atoms with Crippen molar-refractivity contribution in [3.63, 3.8) is 0 Å².